The van der Waals surface area contributed by atoms with E-state index in [-0.39, 0.29) is 11.8 Å². The third-order valence-electron chi connectivity index (χ3n) is 4.15. The summed E-state index contributed by atoms with van der Waals surface area (Å²) in [6.07, 6.45) is 0.486. The second-order valence-electron chi connectivity index (χ2n) is 5.83. The van der Waals surface area contributed by atoms with E-state index in [1.807, 2.05) is 36.4 Å². The van der Waals surface area contributed by atoms with Crippen LogP contribution in [0.4, 0.5) is 5.69 Å². The van der Waals surface area contributed by atoms with Crippen molar-refractivity contribution in [3.05, 3.63) is 65.7 Å². The monoisotopic (exact) mass is 322 g/mol. The van der Waals surface area contributed by atoms with Gasteiger partial charge in [-0.05, 0) is 17.2 Å². The van der Waals surface area contributed by atoms with Crippen LogP contribution in [0.1, 0.15) is 23.5 Å². The van der Waals surface area contributed by atoms with Gasteiger partial charge in [0.1, 0.15) is 0 Å². The number of carbonyl (C=O) groups is 1. The molecule has 0 fully saturated rings. The lowest BCUT2D eigenvalue weighted by atomic mass is 9.90. The van der Waals surface area contributed by atoms with Crippen molar-refractivity contribution in [2.45, 2.75) is 18.9 Å². The van der Waals surface area contributed by atoms with Crippen molar-refractivity contribution in [1.82, 2.24) is 10.6 Å². The van der Waals surface area contributed by atoms with E-state index >= 15 is 0 Å². The maximum absolute atomic E-state index is 11.9. The summed E-state index contributed by atoms with van der Waals surface area (Å²) in [5.41, 5.74) is 3.28. The van der Waals surface area contributed by atoms with Crippen LogP contribution in [0.5, 0.6) is 0 Å². The zero-order valence-corrected chi connectivity index (χ0v) is 13.8. The average molecular weight is 322 g/mol. The van der Waals surface area contributed by atoms with Crippen LogP contribution in [0.3, 0.4) is 0 Å². The first-order chi connectivity index (χ1) is 11.8. The van der Waals surface area contributed by atoms with Gasteiger partial charge in [0.05, 0.1) is 0 Å². The second-order valence-corrected chi connectivity index (χ2v) is 5.83. The van der Waals surface area contributed by atoms with E-state index in [4.69, 9.17) is 0 Å². The molecule has 0 bridgehead atoms. The van der Waals surface area contributed by atoms with Crippen LogP contribution in [0.2, 0.25) is 0 Å². The van der Waals surface area contributed by atoms with Gasteiger partial charge < -0.3 is 16.0 Å². The molecule has 5 nitrogen and oxygen atoms in total. The standard InChI is InChI=1S/C19H22N4O/c1-20-19(21-12-14-7-3-2-4-8-14)22-13-15-11-18(24)23-17-10-6-5-9-16(15)17/h2-10,15H,11-13H2,1H3,(H,23,24)(H2,20,21,22). The predicted molar refractivity (Wildman–Crippen MR) is 97.1 cm³/mol. The van der Waals surface area contributed by atoms with Crippen molar-refractivity contribution in [1.29, 1.82) is 0 Å². The number of hydrogen-bond acceptors (Lipinski definition) is 2. The first-order valence-electron chi connectivity index (χ1n) is 8.13. The number of rotatable bonds is 4. The Morgan fingerprint density at radius 2 is 1.88 bits per heavy atom. The Balaban J connectivity index is 1.59. The summed E-state index contributed by atoms with van der Waals surface area (Å²) in [4.78, 5) is 16.1. The van der Waals surface area contributed by atoms with E-state index in [0.29, 0.717) is 19.5 Å². The SMILES string of the molecule is CN=C(NCc1ccccc1)NCC1CC(=O)Nc2ccccc21. The summed E-state index contributed by atoms with van der Waals surface area (Å²) in [5.74, 6) is 0.945. The molecule has 0 saturated carbocycles. The number of nitrogens with zero attached hydrogens (tertiary/aromatic N) is 1. The second kappa shape index (κ2) is 7.64. The van der Waals surface area contributed by atoms with Gasteiger partial charge in [-0.2, -0.15) is 0 Å². The quantitative estimate of drug-likeness (QED) is 0.598. The van der Waals surface area contributed by atoms with Gasteiger partial charge in [-0.1, -0.05) is 48.5 Å². The Labute approximate surface area is 142 Å². The van der Waals surface area contributed by atoms with Crippen LogP contribution in [-0.2, 0) is 11.3 Å². The number of aliphatic imine (C=N–C) groups is 1. The van der Waals surface area contributed by atoms with Crippen molar-refractivity contribution >= 4 is 17.6 Å². The van der Waals surface area contributed by atoms with Crippen molar-refractivity contribution in [2.24, 2.45) is 4.99 Å². The topological polar surface area (TPSA) is 65.5 Å². The molecule has 24 heavy (non-hydrogen) atoms. The van der Waals surface area contributed by atoms with Crippen molar-refractivity contribution in [2.75, 3.05) is 18.9 Å². The molecule has 3 rings (SSSR count). The molecule has 0 saturated heterocycles. The summed E-state index contributed by atoms with van der Waals surface area (Å²) in [6.45, 7) is 1.38. The van der Waals surface area contributed by atoms with Crippen molar-refractivity contribution in [3.63, 3.8) is 0 Å². The summed E-state index contributed by atoms with van der Waals surface area (Å²) >= 11 is 0. The van der Waals surface area contributed by atoms with Crippen LogP contribution in [-0.4, -0.2) is 25.5 Å². The molecule has 0 aromatic heterocycles. The van der Waals surface area contributed by atoms with Gasteiger partial charge in [0.2, 0.25) is 5.91 Å². The molecule has 5 heteroatoms. The molecule has 0 spiro atoms. The number of nitrogens with one attached hydrogen (secondary N) is 3. The molecule has 1 unspecified atom stereocenters. The third kappa shape index (κ3) is 3.93. The van der Waals surface area contributed by atoms with Crippen molar-refractivity contribution in [3.8, 4) is 0 Å². The number of carbonyl (C=O) groups excluding carboxylic acids is 1. The lowest BCUT2D eigenvalue weighted by Gasteiger charge is -2.26. The summed E-state index contributed by atoms with van der Waals surface area (Å²) in [6, 6.07) is 18.1. The number of fused-ring (bicyclic) bond motifs is 1. The number of para-hydroxylation sites is 1. The van der Waals surface area contributed by atoms with E-state index in [2.05, 4.69) is 39.1 Å². The van der Waals surface area contributed by atoms with Gasteiger partial charge in [-0.25, -0.2) is 0 Å². The predicted octanol–water partition coefficient (Wildman–Crippen LogP) is 2.48. The lowest BCUT2D eigenvalue weighted by Crippen LogP contribution is -2.40. The van der Waals surface area contributed by atoms with Gasteiger partial charge in [0, 0.05) is 38.2 Å². The minimum Gasteiger partial charge on any atom is -0.356 e. The van der Waals surface area contributed by atoms with Crippen LogP contribution < -0.4 is 16.0 Å². The Bertz CT molecular complexity index is 727. The number of hydrogen-bond donors (Lipinski definition) is 3. The fourth-order valence-electron chi connectivity index (χ4n) is 2.91. The Hall–Kier alpha value is -2.82. The van der Waals surface area contributed by atoms with E-state index in [1.54, 1.807) is 7.05 Å². The smallest absolute Gasteiger partial charge is 0.225 e. The molecule has 2 aromatic rings. The van der Waals surface area contributed by atoms with Crippen LogP contribution in [0.15, 0.2) is 59.6 Å². The highest BCUT2D eigenvalue weighted by Gasteiger charge is 2.24. The summed E-state index contributed by atoms with van der Waals surface area (Å²) in [7, 11) is 1.75. The Kier molecular flexibility index (Phi) is 5.11. The molecule has 1 amide bonds. The van der Waals surface area contributed by atoms with E-state index < -0.39 is 0 Å². The molecule has 2 aromatic carbocycles. The Morgan fingerprint density at radius 1 is 1.12 bits per heavy atom. The maximum Gasteiger partial charge on any atom is 0.225 e. The van der Waals surface area contributed by atoms with E-state index in [9.17, 15) is 4.79 Å². The van der Waals surface area contributed by atoms with Gasteiger partial charge in [0.15, 0.2) is 5.96 Å². The molecule has 1 aliphatic rings. The first kappa shape index (κ1) is 16.1. The average Bonchev–Trinajstić information content (AvgIpc) is 2.62. The van der Waals surface area contributed by atoms with Gasteiger partial charge >= 0.3 is 0 Å². The first-order valence-corrected chi connectivity index (χ1v) is 8.13. The summed E-state index contributed by atoms with van der Waals surface area (Å²) < 4.78 is 0. The molecule has 1 heterocycles. The highest BCUT2D eigenvalue weighted by atomic mass is 16.1. The molecule has 0 radical (unpaired) electrons. The van der Waals surface area contributed by atoms with Gasteiger partial charge in [0.25, 0.3) is 0 Å². The van der Waals surface area contributed by atoms with Gasteiger partial charge in [-0.15, -0.1) is 0 Å². The molecule has 0 aliphatic carbocycles. The number of amides is 1. The zero-order valence-electron chi connectivity index (χ0n) is 13.8. The lowest BCUT2D eigenvalue weighted by molar-refractivity contribution is -0.116. The number of anilines is 1. The number of benzene rings is 2. The van der Waals surface area contributed by atoms with Crippen LogP contribution >= 0.6 is 0 Å². The molecular formula is C19H22N4O. The van der Waals surface area contributed by atoms with Crippen LogP contribution in [0, 0.1) is 0 Å². The Morgan fingerprint density at radius 3 is 2.67 bits per heavy atom. The third-order valence-corrected chi connectivity index (χ3v) is 4.15. The molecule has 1 atom stereocenters. The zero-order chi connectivity index (χ0) is 16.8. The maximum atomic E-state index is 11.9. The van der Waals surface area contributed by atoms with E-state index in [0.717, 1.165) is 11.6 Å². The fraction of sp³-hybridized carbons (Fsp3) is 0.263. The molecule has 1 aliphatic heterocycles. The van der Waals surface area contributed by atoms with Gasteiger partial charge in [-0.3, -0.25) is 9.79 Å². The summed E-state index contributed by atoms with van der Waals surface area (Å²) in [5, 5.41) is 9.55. The normalized spacial score (nSPS) is 17.0. The fourth-order valence-corrected chi connectivity index (χ4v) is 2.91. The minimum absolute atomic E-state index is 0.0627. The highest BCUT2D eigenvalue weighted by molar-refractivity contribution is 5.94. The highest BCUT2D eigenvalue weighted by Crippen LogP contribution is 2.31. The molecule has 3 N–H and O–H groups in total. The van der Waals surface area contributed by atoms with E-state index in [1.165, 1.54) is 11.1 Å². The number of guanidine groups is 1. The molecule has 124 valence electrons. The van der Waals surface area contributed by atoms with Crippen LogP contribution in [0.25, 0.3) is 0 Å². The largest absolute Gasteiger partial charge is 0.356 e. The minimum atomic E-state index is 0.0627. The van der Waals surface area contributed by atoms with Crippen molar-refractivity contribution < 1.29 is 4.79 Å². The molecular weight excluding hydrogens is 300 g/mol.